The molecule has 0 amide bonds. The number of fused-ring (bicyclic) bond motifs is 1. The molecular weight excluding hydrogens is 328 g/mol. The molecule has 3 N–H and O–H groups in total. The van der Waals surface area contributed by atoms with Crippen LogP contribution in [0.2, 0.25) is 0 Å². The molecule has 3 rings (SSSR count). The third-order valence-corrected chi connectivity index (χ3v) is 4.24. The van der Waals surface area contributed by atoms with Crippen LogP contribution in [0.4, 0.5) is 0 Å². The minimum absolute atomic E-state index is 0.285. The predicted molar refractivity (Wildman–Crippen MR) is 103 cm³/mol. The minimum Gasteiger partial charge on any atom is -0.508 e. The van der Waals surface area contributed by atoms with E-state index in [1.54, 1.807) is 18.2 Å². The van der Waals surface area contributed by atoms with Crippen LogP contribution in [0.5, 0.6) is 5.75 Å². The van der Waals surface area contributed by atoms with Crippen molar-refractivity contribution in [3.05, 3.63) is 71.4 Å². The highest BCUT2D eigenvalue weighted by molar-refractivity contribution is 5.87. The highest BCUT2D eigenvalue weighted by Gasteiger charge is 2.04. The third kappa shape index (κ3) is 4.52. The molecule has 3 aromatic rings. The van der Waals surface area contributed by atoms with E-state index in [-0.39, 0.29) is 11.7 Å². The number of rotatable bonds is 7. The molecule has 1 aromatic heterocycles. The molecule has 2 aromatic carbocycles. The van der Waals surface area contributed by atoms with Crippen molar-refractivity contribution < 1.29 is 14.6 Å². The van der Waals surface area contributed by atoms with Crippen molar-refractivity contribution in [3.63, 3.8) is 0 Å². The Morgan fingerprint density at radius 1 is 1.23 bits per heavy atom. The van der Waals surface area contributed by atoms with Gasteiger partial charge in [-0.05, 0) is 53.9 Å². The molecule has 26 heavy (non-hydrogen) atoms. The van der Waals surface area contributed by atoms with Crippen molar-refractivity contribution >= 4 is 22.9 Å². The summed E-state index contributed by atoms with van der Waals surface area (Å²) in [6.07, 6.45) is 6.01. The maximum absolute atomic E-state index is 11.1. The van der Waals surface area contributed by atoms with Gasteiger partial charge >= 0.3 is 5.97 Å². The lowest BCUT2D eigenvalue weighted by Gasteiger charge is -2.05. The second kappa shape index (κ2) is 8.36. The number of phenols is 1. The maximum Gasteiger partial charge on any atom is 0.330 e. The standard InChI is InChI=1S/C21H22N2O3/c1-26-21(25)9-6-15-2-4-16(5-3-15)13-22-11-10-17-14-23-20-8-7-18(24)12-19(17)20/h2-9,12,14,22-24H,10-11,13H2,1H3/b9-6+. The van der Waals surface area contributed by atoms with Crippen LogP contribution in [0.3, 0.4) is 0 Å². The zero-order valence-electron chi connectivity index (χ0n) is 14.7. The van der Waals surface area contributed by atoms with Crippen LogP contribution in [0, 0.1) is 0 Å². The molecule has 1 heterocycles. The summed E-state index contributed by atoms with van der Waals surface area (Å²) in [7, 11) is 1.36. The topological polar surface area (TPSA) is 74.3 Å². The number of H-pyrrole nitrogens is 1. The molecule has 0 unspecified atom stereocenters. The van der Waals surface area contributed by atoms with E-state index in [4.69, 9.17) is 0 Å². The van der Waals surface area contributed by atoms with E-state index in [0.29, 0.717) is 0 Å². The molecular formula is C21H22N2O3. The van der Waals surface area contributed by atoms with Gasteiger partial charge in [0.05, 0.1) is 7.11 Å². The highest BCUT2D eigenvalue weighted by Crippen LogP contribution is 2.23. The van der Waals surface area contributed by atoms with Crippen LogP contribution in [-0.4, -0.2) is 29.7 Å². The fourth-order valence-electron chi connectivity index (χ4n) is 2.81. The molecule has 5 heteroatoms. The average Bonchev–Trinajstić information content (AvgIpc) is 3.06. The maximum atomic E-state index is 11.1. The van der Waals surface area contributed by atoms with Gasteiger partial charge in [0.25, 0.3) is 0 Å². The Balaban J connectivity index is 1.49. The average molecular weight is 350 g/mol. The van der Waals surface area contributed by atoms with Gasteiger partial charge in [-0.2, -0.15) is 0 Å². The second-order valence-electron chi connectivity index (χ2n) is 6.07. The summed E-state index contributed by atoms with van der Waals surface area (Å²) < 4.78 is 4.57. The Hall–Kier alpha value is -3.05. The number of benzene rings is 2. The monoisotopic (exact) mass is 350 g/mol. The zero-order valence-corrected chi connectivity index (χ0v) is 14.7. The van der Waals surface area contributed by atoms with E-state index < -0.39 is 0 Å². The SMILES string of the molecule is COC(=O)/C=C/c1ccc(CNCCc2c[nH]c3ccc(O)cc23)cc1. The van der Waals surface area contributed by atoms with Gasteiger partial charge in [-0.1, -0.05) is 24.3 Å². The van der Waals surface area contributed by atoms with Gasteiger partial charge in [-0.15, -0.1) is 0 Å². The molecule has 134 valence electrons. The van der Waals surface area contributed by atoms with E-state index in [1.807, 2.05) is 36.5 Å². The van der Waals surface area contributed by atoms with E-state index >= 15 is 0 Å². The van der Waals surface area contributed by atoms with E-state index in [2.05, 4.69) is 15.0 Å². The normalized spacial score (nSPS) is 11.3. The lowest BCUT2D eigenvalue weighted by atomic mass is 10.1. The van der Waals surface area contributed by atoms with E-state index in [9.17, 15) is 9.90 Å². The lowest BCUT2D eigenvalue weighted by molar-refractivity contribution is -0.134. The summed E-state index contributed by atoms with van der Waals surface area (Å²) >= 11 is 0. The first-order valence-corrected chi connectivity index (χ1v) is 8.50. The fraction of sp³-hybridized carbons (Fsp3) is 0.190. The van der Waals surface area contributed by atoms with Gasteiger partial charge in [-0.25, -0.2) is 4.79 Å². The van der Waals surface area contributed by atoms with Gasteiger partial charge in [-0.3, -0.25) is 0 Å². The van der Waals surface area contributed by atoms with Crippen LogP contribution >= 0.6 is 0 Å². The van der Waals surface area contributed by atoms with Crippen molar-refractivity contribution in [1.29, 1.82) is 0 Å². The van der Waals surface area contributed by atoms with Crippen LogP contribution in [0.15, 0.2) is 54.7 Å². The Kier molecular flexibility index (Phi) is 5.71. The molecule has 0 aliphatic heterocycles. The molecule has 0 saturated heterocycles. The first-order valence-electron chi connectivity index (χ1n) is 8.50. The number of aromatic nitrogens is 1. The van der Waals surface area contributed by atoms with Gasteiger partial charge in [0.1, 0.15) is 5.75 Å². The number of methoxy groups -OCH3 is 1. The van der Waals surface area contributed by atoms with Crippen LogP contribution < -0.4 is 5.32 Å². The van der Waals surface area contributed by atoms with Gasteiger partial charge < -0.3 is 20.1 Å². The van der Waals surface area contributed by atoms with Crippen molar-refractivity contribution in [2.45, 2.75) is 13.0 Å². The number of hydrogen-bond acceptors (Lipinski definition) is 4. The van der Waals surface area contributed by atoms with Crippen molar-refractivity contribution in [1.82, 2.24) is 10.3 Å². The molecule has 0 spiro atoms. The van der Waals surface area contributed by atoms with Crippen LogP contribution in [0.25, 0.3) is 17.0 Å². The van der Waals surface area contributed by atoms with Crippen LogP contribution in [-0.2, 0) is 22.5 Å². The summed E-state index contributed by atoms with van der Waals surface area (Å²) in [6.45, 7) is 1.61. The smallest absolute Gasteiger partial charge is 0.330 e. The van der Waals surface area contributed by atoms with Crippen LogP contribution in [0.1, 0.15) is 16.7 Å². The summed E-state index contributed by atoms with van der Waals surface area (Å²) in [5.74, 6) is -0.0750. The fourth-order valence-corrected chi connectivity index (χ4v) is 2.81. The molecule has 0 aliphatic rings. The van der Waals surface area contributed by atoms with Gasteiger partial charge in [0, 0.05) is 29.7 Å². The largest absolute Gasteiger partial charge is 0.508 e. The minimum atomic E-state index is -0.360. The molecule has 0 fully saturated rings. The Labute approximate surface area is 152 Å². The predicted octanol–water partition coefficient (Wildman–Crippen LogP) is 3.39. The number of carbonyl (C=O) groups excluding carboxylic acids is 1. The number of aromatic amines is 1. The summed E-state index contributed by atoms with van der Waals surface area (Å²) in [5.41, 5.74) is 4.36. The third-order valence-electron chi connectivity index (χ3n) is 4.24. The number of esters is 1. The molecule has 0 saturated carbocycles. The molecule has 0 atom stereocenters. The summed E-state index contributed by atoms with van der Waals surface area (Å²) in [6, 6.07) is 13.4. The first-order chi connectivity index (χ1) is 12.7. The van der Waals surface area contributed by atoms with Gasteiger partial charge in [0.15, 0.2) is 0 Å². The van der Waals surface area contributed by atoms with Crippen molar-refractivity contribution in [2.24, 2.45) is 0 Å². The summed E-state index contributed by atoms with van der Waals surface area (Å²) in [4.78, 5) is 14.3. The number of aromatic hydroxyl groups is 1. The summed E-state index contributed by atoms with van der Waals surface area (Å²) in [5, 5.41) is 14.1. The number of carbonyl (C=O) groups is 1. The molecule has 0 bridgehead atoms. The molecule has 5 nitrogen and oxygen atoms in total. The Morgan fingerprint density at radius 2 is 2.04 bits per heavy atom. The molecule has 0 aliphatic carbocycles. The first kappa shape index (κ1) is 17.8. The zero-order chi connectivity index (χ0) is 18.4. The lowest BCUT2D eigenvalue weighted by Crippen LogP contribution is -2.16. The highest BCUT2D eigenvalue weighted by atomic mass is 16.5. The second-order valence-corrected chi connectivity index (χ2v) is 6.07. The van der Waals surface area contributed by atoms with Gasteiger partial charge in [0.2, 0.25) is 0 Å². The Bertz CT molecular complexity index is 911. The number of hydrogen-bond donors (Lipinski definition) is 3. The Morgan fingerprint density at radius 3 is 2.81 bits per heavy atom. The molecule has 0 radical (unpaired) electrons. The van der Waals surface area contributed by atoms with E-state index in [0.717, 1.165) is 36.0 Å². The number of phenolic OH excluding ortho intramolecular Hbond substituents is 1. The quantitative estimate of drug-likeness (QED) is 0.347. The van der Waals surface area contributed by atoms with E-state index in [1.165, 1.54) is 24.3 Å². The number of nitrogens with one attached hydrogen (secondary N) is 2. The van der Waals surface area contributed by atoms with Crippen molar-refractivity contribution in [2.75, 3.05) is 13.7 Å². The number of ether oxygens (including phenoxy) is 1. The van der Waals surface area contributed by atoms with Crippen molar-refractivity contribution in [3.8, 4) is 5.75 Å².